The molecule has 1 aromatic heterocycles. The monoisotopic (exact) mass is 402 g/mol. The molecule has 0 aliphatic heterocycles. The van der Waals surface area contributed by atoms with Gasteiger partial charge in [-0.15, -0.1) is 0 Å². The second-order valence-corrected chi connectivity index (χ2v) is 8.22. The average molecular weight is 403 g/mol. The molecular formula is C24H22N2O2S. The van der Waals surface area contributed by atoms with Gasteiger partial charge in [0.1, 0.15) is 5.69 Å². The highest BCUT2D eigenvalue weighted by molar-refractivity contribution is 7.89. The predicted molar refractivity (Wildman–Crippen MR) is 117 cm³/mol. The van der Waals surface area contributed by atoms with Gasteiger partial charge in [0, 0.05) is 18.3 Å². The first kappa shape index (κ1) is 20.5. The van der Waals surface area contributed by atoms with E-state index in [1.807, 2.05) is 61.5 Å². The highest BCUT2D eigenvalue weighted by Crippen LogP contribution is 2.14. The summed E-state index contributed by atoms with van der Waals surface area (Å²) in [5.41, 5.74) is 3.53. The molecule has 1 N–H and O–H groups in total. The highest BCUT2D eigenvalue weighted by Gasteiger charge is 2.12. The van der Waals surface area contributed by atoms with Gasteiger partial charge in [-0.05, 0) is 49.1 Å². The minimum atomic E-state index is -3.52. The summed E-state index contributed by atoms with van der Waals surface area (Å²) in [4.78, 5) is 4.49. The first-order valence-electron chi connectivity index (χ1n) is 9.29. The van der Waals surface area contributed by atoms with Crippen molar-refractivity contribution in [2.75, 3.05) is 6.54 Å². The largest absolute Gasteiger partial charge is 0.248 e. The normalized spacial score (nSPS) is 11.6. The van der Waals surface area contributed by atoms with Crippen molar-refractivity contribution in [3.05, 3.63) is 102 Å². The van der Waals surface area contributed by atoms with E-state index in [4.69, 9.17) is 0 Å². The Balaban J connectivity index is 1.72. The number of hydrogen-bond donors (Lipinski definition) is 1. The summed E-state index contributed by atoms with van der Waals surface area (Å²) in [6, 6.07) is 22.2. The molecule has 0 aliphatic rings. The average Bonchev–Trinajstić information content (AvgIpc) is 2.75. The molecule has 5 heteroatoms. The van der Waals surface area contributed by atoms with Crippen LogP contribution in [-0.2, 0) is 10.0 Å². The van der Waals surface area contributed by atoms with Crippen LogP contribution in [0.4, 0.5) is 0 Å². The summed E-state index contributed by atoms with van der Waals surface area (Å²) < 4.78 is 27.4. The van der Waals surface area contributed by atoms with Crippen LogP contribution in [0.1, 0.15) is 23.2 Å². The molecular weight excluding hydrogens is 380 g/mol. The standard InChI is InChI=1S/C24H22N2O2S/c1-20-12-16-24(17-13-20)29(27,28)26-19-7-10-22(21-8-3-2-4-9-21)14-15-23-11-5-6-18-25-23/h2-6,8-13,16-18,26H,7,19H2,1H3/b22-10+. The molecule has 0 bridgehead atoms. The molecule has 3 aromatic rings. The quantitative estimate of drug-likeness (QED) is 0.497. The Bertz CT molecular complexity index is 1130. The minimum Gasteiger partial charge on any atom is -0.248 e. The number of aromatic nitrogens is 1. The van der Waals surface area contributed by atoms with Crippen molar-refractivity contribution >= 4 is 15.6 Å². The topological polar surface area (TPSA) is 59.1 Å². The number of hydrogen-bond acceptors (Lipinski definition) is 3. The highest BCUT2D eigenvalue weighted by atomic mass is 32.2. The Morgan fingerprint density at radius 1 is 1.00 bits per heavy atom. The van der Waals surface area contributed by atoms with Crippen LogP contribution in [-0.4, -0.2) is 19.9 Å². The maximum Gasteiger partial charge on any atom is 0.240 e. The van der Waals surface area contributed by atoms with E-state index < -0.39 is 10.0 Å². The summed E-state index contributed by atoms with van der Waals surface area (Å²) in [6.45, 7) is 2.21. The third kappa shape index (κ3) is 6.15. The lowest BCUT2D eigenvalue weighted by Gasteiger charge is -2.06. The van der Waals surface area contributed by atoms with E-state index in [0.29, 0.717) is 12.1 Å². The fraction of sp³-hybridized carbons (Fsp3) is 0.125. The Hall–Kier alpha value is -3.20. The van der Waals surface area contributed by atoms with Crippen molar-refractivity contribution in [3.8, 4) is 11.8 Å². The second kappa shape index (κ2) is 9.83. The van der Waals surface area contributed by atoms with Gasteiger partial charge >= 0.3 is 0 Å². The van der Waals surface area contributed by atoms with E-state index in [9.17, 15) is 8.42 Å². The molecule has 1 heterocycles. The first-order valence-corrected chi connectivity index (χ1v) is 10.8. The zero-order valence-corrected chi connectivity index (χ0v) is 17.0. The molecule has 0 unspecified atom stereocenters. The SMILES string of the molecule is Cc1ccc(S(=O)(=O)NCC/C=C(\C#Cc2ccccn2)c2ccccc2)cc1. The number of rotatable bonds is 6. The summed E-state index contributed by atoms with van der Waals surface area (Å²) in [5, 5.41) is 0. The van der Waals surface area contributed by atoms with Crippen molar-refractivity contribution in [3.63, 3.8) is 0 Å². The number of benzene rings is 2. The van der Waals surface area contributed by atoms with Gasteiger partial charge in [0.15, 0.2) is 0 Å². The summed E-state index contributed by atoms with van der Waals surface area (Å²) in [5.74, 6) is 6.22. The number of sulfonamides is 1. The maximum atomic E-state index is 12.4. The molecule has 0 amide bonds. The van der Waals surface area contributed by atoms with Crippen LogP contribution in [0.2, 0.25) is 0 Å². The Kier molecular flexibility index (Phi) is 6.96. The molecule has 0 radical (unpaired) electrons. The minimum absolute atomic E-state index is 0.269. The van der Waals surface area contributed by atoms with Gasteiger partial charge in [-0.2, -0.15) is 0 Å². The number of aryl methyl sites for hydroxylation is 1. The molecule has 2 aromatic carbocycles. The van der Waals surface area contributed by atoms with Crippen molar-refractivity contribution in [1.82, 2.24) is 9.71 Å². The molecule has 0 saturated heterocycles. The fourth-order valence-corrected chi connectivity index (χ4v) is 3.69. The van der Waals surface area contributed by atoms with Crippen molar-refractivity contribution in [2.45, 2.75) is 18.2 Å². The fourth-order valence-electron chi connectivity index (χ4n) is 2.64. The van der Waals surface area contributed by atoms with E-state index in [-0.39, 0.29) is 11.4 Å². The van der Waals surface area contributed by atoms with Crippen molar-refractivity contribution in [2.24, 2.45) is 0 Å². The molecule has 0 fully saturated rings. The van der Waals surface area contributed by atoms with Crippen LogP contribution < -0.4 is 4.72 Å². The lowest BCUT2D eigenvalue weighted by molar-refractivity contribution is 0.582. The Morgan fingerprint density at radius 2 is 1.72 bits per heavy atom. The predicted octanol–water partition coefficient (Wildman–Crippen LogP) is 4.19. The summed E-state index contributed by atoms with van der Waals surface area (Å²) in [6.07, 6.45) is 4.17. The van der Waals surface area contributed by atoms with Gasteiger partial charge in [-0.3, -0.25) is 0 Å². The van der Waals surface area contributed by atoms with E-state index in [2.05, 4.69) is 21.5 Å². The summed E-state index contributed by atoms with van der Waals surface area (Å²) >= 11 is 0. The Labute approximate surface area is 172 Å². The van der Waals surface area contributed by atoms with Gasteiger partial charge in [0.05, 0.1) is 4.90 Å². The van der Waals surface area contributed by atoms with Gasteiger partial charge in [-0.1, -0.05) is 66.1 Å². The third-order valence-corrected chi connectivity index (χ3v) is 5.67. The molecule has 29 heavy (non-hydrogen) atoms. The van der Waals surface area contributed by atoms with Crippen LogP contribution in [0, 0.1) is 18.8 Å². The molecule has 0 atom stereocenters. The van der Waals surface area contributed by atoms with Crippen LogP contribution in [0.5, 0.6) is 0 Å². The van der Waals surface area contributed by atoms with Crippen molar-refractivity contribution in [1.29, 1.82) is 0 Å². The second-order valence-electron chi connectivity index (χ2n) is 6.45. The van der Waals surface area contributed by atoms with Gasteiger partial charge in [0.2, 0.25) is 10.0 Å². The lowest BCUT2D eigenvalue weighted by atomic mass is 10.1. The van der Waals surface area contributed by atoms with Gasteiger partial charge in [-0.25, -0.2) is 18.1 Å². The third-order valence-electron chi connectivity index (χ3n) is 4.19. The lowest BCUT2D eigenvalue weighted by Crippen LogP contribution is -2.24. The van der Waals surface area contributed by atoms with Gasteiger partial charge < -0.3 is 0 Å². The van der Waals surface area contributed by atoms with Crippen LogP contribution in [0.25, 0.3) is 5.57 Å². The smallest absolute Gasteiger partial charge is 0.240 e. The Morgan fingerprint density at radius 3 is 2.41 bits per heavy atom. The van der Waals surface area contributed by atoms with E-state index in [1.54, 1.807) is 30.5 Å². The zero-order chi connectivity index (χ0) is 20.5. The first-order chi connectivity index (χ1) is 14.0. The zero-order valence-electron chi connectivity index (χ0n) is 16.2. The van der Waals surface area contributed by atoms with Crippen LogP contribution in [0.15, 0.2) is 90.0 Å². The number of pyridine rings is 1. The van der Waals surface area contributed by atoms with E-state index in [0.717, 1.165) is 16.7 Å². The summed E-state index contributed by atoms with van der Waals surface area (Å²) in [7, 11) is -3.52. The molecule has 146 valence electrons. The molecule has 0 saturated carbocycles. The molecule has 3 rings (SSSR count). The number of nitrogens with one attached hydrogen (secondary N) is 1. The number of allylic oxidation sites excluding steroid dienone is 1. The van der Waals surface area contributed by atoms with Gasteiger partial charge in [0.25, 0.3) is 0 Å². The number of nitrogens with zero attached hydrogens (tertiary/aromatic N) is 1. The molecule has 4 nitrogen and oxygen atoms in total. The maximum absolute atomic E-state index is 12.4. The van der Waals surface area contributed by atoms with Crippen molar-refractivity contribution < 1.29 is 8.42 Å². The van der Waals surface area contributed by atoms with E-state index >= 15 is 0 Å². The van der Waals surface area contributed by atoms with Crippen LogP contribution in [0.3, 0.4) is 0 Å². The van der Waals surface area contributed by atoms with E-state index in [1.165, 1.54) is 0 Å². The molecule has 0 aliphatic carbocycles. The van der Waals surface area contributed by atoms with Crippen LogP contribution >= 0.6 is 0 Å². The molecule has 0 spiro atoms.